The van der Waals surface area contributed by atoms with E-state index in [1.165, 1.54) is 34.4 Å². The molecule has 1 amide bonds. The van der Waals surface area contributed by atoms with Crippen LogP contribution in [0, 0.1) is 0 Å². The Labute approximate surface area is 213 Å². The lowest BCUT2D eigenvalue weighted by Gasteiger charge is -2.25. The normalized spacial score (nSPS) is 11.1. The minimum absolute atomic E-state index is 0.165. The van der Waals surface area contributed by atoms with Gasteiger partial charge in [-0.15, -0.1) is 0 Å². The fraction of sp³-hybridized carbons (Fsp3) is 0.259. The minimum atomic E-state index is -1.02. The Morgan fingerprint density at radius 2 is 1.75 bits per heavy atom. The molecule has 8 nitrogen and oxygen atoms in total. The van der Waals surface area contributed by atoms with Crippen molar-refractivity contribution >= 4 is 35.1 Å². The number of aryl methyl sites for hydroxylation is 1. The van der Waals surface area contributed by atoms with Crippen molar-refractivity contribution in [2.45, 2.75) is 46.2 Å². The second-order valence-corrected chi connectivity index (χ2v) is 9.05. The molecular weight excluding hydrogens is 480 g/mol. The van der Waals surface area contributed by atoms with Gasteiger partial charge in [0.15, 0.2) is 0 Å². The molecule has 0 aliphatic carbocycles. The molecular formula is C27H27ClN4O4. The van der Waals surface area contributed by atoms with Crippen molar-refractivity contribution in [3.8, 4) is 11.3 Å². The number of aromatic carboxylic acids is 1. The number of rotatable bonds is 9. The lowest BCUT2D eigenvalue weighted by Crippen LogP contribution is -2.33. The van der Waals surface area contributed by atoms with Crippen LogP contribution in [0.5, 0.6) is 0 Å². The van der Waals surface area contributed by atoms with Crippen molar-refractivity contribution in [1.82, 2.24) is 14.0 Å². The number of amides is 1. The molecule has 2 heterocycles. The molecule has 0 saturated carbocycles. The zero-order valence-corrected chi connectivity index (χ0v) is 20.9. The maximum Gasteiger partial charge on any atom is 0.335 e. The van der Waals surface area contributed by atoms with Gasteiger partial charge in [0.05, 0.1) is 17.8 Å². The summed E-state index contributed by atoms with van der Waals surface area (Å²) in [7, 11) is 0. The summed E-state index contributed by atoms with van der Waals surface area (Å²) >= 11 is 6.03. The van der Waals surface area contributed by atoms with E-state index in [1.54, 1.807) is 30.5 Å². The molecule has 4 aromatic rings. The number of benzene rings is 2. The molecule has 186 valence electrons. The number of aromatic nitrogens is 3. The topological polar surface area (TPSA) is 96.9 Å². The highest BCUT2D eigenvalue weighted by Gasteiger charge is 2.21. The second-order valence-electron chi connectivity index (χ2n) is 8.61. The highest BCUT2D eigenvalue weighted by atomic mass is 35.5. The van der Waals surface area contributed by atoms with Crippen molar-refractivity contribution in [3.63, 3.8) is 0 Å². The van der Waals surface area contributed by atoms with Crippen LogP contribution in [0.15, 0.2) is 65.6 Å². The van der Waals surface area contributed by atoms with Gasteiger partial charge in [-0.25, -0.2) is 9.78 Å². The van der Waals surface area contributed by atoms with Crippen molar-refractivity contribution in [3.05, 3.63) is 87.3 Å². The molecule has 0 spiro atoms. The molecule has 0 bridgehead atoms. The van der Waals surface area contributed by atoms with Crippen molar-refractivity contribution in [2.75, 3.05) is 4.90 Å². The van der Waals surface area contributed by atoms with E-state index in [-0.39, 0.29) is 23.6 Å². The predicted molar refractivity (Wildman–Crippen MR) is 140 cm³/mol. The molecule has 2 aromatic carbocycles. The van der Waals surface area contributed by atoms with Crippen LogP contribution in [0.3, 0.4) is 0 Å². The van der Waals surface area contributed by atoms with E-state index in [0.29, 0.717) is 28.9 Å². The molecule has 0 aliphatic heterocycles. The van der Waals surface area contributed by atoms with E-state index in [1.807, 2.05) is 16.7 Å². The van der Waals surface area contributed by atoms with Gasteiger partial charge in [-0.1, -0.05) is 55.6 Å². The number of halogens is 1. The molecule has 0 unspecified atom stereocenters. The van der Waals surface area contributed by atoms with Crippen LogP contribution >= 0.6 is 11.6 Å². The number of fused-ring (bicyclic) bond motifs is 1. The summed E-state index contributed by atoms with van der Waals surface area (Å²) < 4.78 is 3.41. The molecule has 0 saturated heterocycles. The molecule has 0 fully saturated rings. The fourth-order valence-corrected chi connectivity index (χ4v) is 4.22. The average molecular weight is 507 g/mol. The van der Waals surface area contributed by atoms with Crippen LogP contribution in [-0.2, 0) is 17.9 Å². The summed E-state index contributed by atoms with van der Waals surface area (Å²) in [6.45, 7) is 4.31. The first kappa shape index (κ1) is 25.2. The van der Waals surface area contributed by atoms with Crippen LogP contribution in [0.4, 0.5) is 5.82 Å². The van der Waals surface area contributed by atoms with Gasteiger partial charge < -0.3 is 5.11 Å². The number of anilines is 1. The van der Waals surface area contributed by atoms with Crippen LogP contribution < -0.4 is 10.5 Å². The molecule has 0 atom stereocenters. The van der Waals surface area contributed by atoms with E-state index in [4.69, 9.17) is 16.6 Å². The highest BCUT2D eigenvalue weighted by molar-refractivity contribution is 6.30. The lowest BCUT2D eigenvalue weighted by atomic mass is 10.1. The van der Waals surface area contributed by atoms with E-state index in [2.05, 4.69) is 6.92 Å². The Morgan fingerprint density at radius 1 is 1.06 bits per heavy atom. The number of nitrogens with zero attached hydrogens (tertiary/aromatic N) is 4. The SMILES string of the molecule is CCCCCn1c(N(Cc2ccc(C(=O)O)cc2)C(C)=O)cc(=O)n2cc(-c3ccc(Cl)cc3)nc12. The molecule has 2 aromatic heterocycles. The van der Waals surface area contributed by atoms with E-state index >= 15 is 0 Å². The first-order valence-electron chi connectivity index (χ1n) is 11.8. The molecule has 1 N–H and O–H groups in total. The van der Waals surface area contributed by atoms with Gasteiger partial charge in [-0.3, -0.25) is 23.5 Å². The Hall–Kier alpha value is -3.91. The average Bonchev–Trinajstić information content (AvgIpc) is 3.31. The minimum Gasteiger partial charge on any atom is -0.478 e. The summed E-state index contributed by atoms with van der Waals surface area (Å²) in [6, 6.07) is 15.0. The van der Waals surface area contributed by atoms with Crippen LogP contribution in [0.25, 0.3) is 17.0 Å². The van der Waals surface area contributed by atoms with Gasteiger partial charge in [-0.05, 0) is 36.2 Å². The Morgan fingerprint density at radius 3 is 2.36 bits per heavy atom. The Bertz CT molecular complexity index is 1460. The van der Waals surface area contributed by atoms with Crippen LogP contribution in [0.1, 0.15) is 49.0 Å². The third kappa shape index (κ3) is 5.33. The van der Waals surface area contributed by atoms with E-state index < -0.39 is 5.97 Å². The summed E-state index contributed by atoms with van der Waals surface area (Å²) in [5.41, 5.74) is 2.06. The number of hydrogen-bond acceptors (Lipinski definition) is 4. The molecule has 0 radical (unpaired) electrons. The molecule has 36 heavy (non-hydrogen) atoms. The molecule has 4 rings (SSSR count). The van der Waals surface area contributed by atoms with Crippen molar-refractivity contribution < 1.29 is 14.7 Å². The maximum absolute atomic E-state index is 13.2. The summed E-state index contributed by atoms with van der Waals surface area (Å²) in [5.74, 6) is -0.358. The number of unbranched alkanes of at least 4 members (excludes halogenated alkanes) is 2. The first-order chi connectivity index (χ1) is 17.3. The Balaban J connectivity index is 1.82. The van der Waals surface area contributed by atoms with Gasteiger partial charge in [0.2, 0.25) is 11.7 Å². The zero-order valence-electron chi connectivity index (χ0n) is 20.1. The predicted octanol–water partition coefficient (Wildman–Crippen LogP) is 5.26. The molecule has 0 aliphatic rings. The van der Waals surface area contributed by atoms with Gasteiger partial charge in [0.25, 0.3) is 5.56 Å². The quantitative estimate of drug-likeness (QED) is 0.312. The number of carboxylic acid groups (broad SMARTS) is 1. The number of carbonyl (C=O) groups is 2. The number of hydrogen-bond donors (Lipinski definition) is 1. The van der Waals surface area contributed by atoms with Crippen LogP contribution in [0.2, 0.25) is 5.02 Å². The van der Waals surface area contributed by atoms with Crippen LogP contribution in [-0.4, -0.2) is 30.9 Å². The summed E-state index contributed by atoms with van der Waals surface area (Å²) in [6.07, 6.45) is 4.55. The van der Waals surface area contributed by atoms with Crippen molar-refractivity contribution in [1.29, 1.82) is 0 Å². The highest BCUT2D eigenvalue weighted by Crippen LogP contribution is 2.25. The zero-order chi connectivity index (χ0) is 25.8. The number of carboxylic acids is 1. The Kier molecular flexibility index (Phi) is 7.55. The summed E-state index contributed by atoms with van der Waals surface area (Å²) in [4.78, 5) is 43.5. The smallest absolute Gasteiger partial charge is 0.335 e. The largest absolute Gasteiger partial charge is 0.478 e. The van der Waals surface area contributed by atoms with Gasteiger partial charge in [0.1, 0.15) is 5.82 Å². The van der Waals surface area contributed by atoms with E-state index in [0.717, 1.165) is 30.4 Å². The standard InChI is InChI=1S/C27H27ClN4O4/c1-3-4-5-14-30-24(31(18(2)33)16-19-6-8-21(9-7-19)26(35)36)15-25(34)32-17-23(29-27(30)32)20-10-12-22(28)13-11-20/h6-13,15,17H,3-5,14,16H2,1-2H3,(H,35,36). The van der Waals surface area contributed by atoms with Crippen molar-refractivity contribution in [2.24, 2.45) is 0 Å². The second kappa shape index (κ2) is 10.8. The molecule has 9 heteroatoms. The fourth-order valence-electron chi connectivity index (χ4n) is 4.09. The number of carbonyl (C=O) groups excluding carboxylic acids is 1. The van der Waals surface area contributed by atoms with E-state index in [9.17, 15) is 19.5 Å². The first-order valence-corrected chi connectivity index (χ1v) is 12.2. The van der Waals surface area contributed by atoms with Gasteiger partial charge >= 0.3 is 5.97 Å². The summed E-state index contributed by atoms with van der Waals surface area (Å²) in [5, 5.41) is 9.78. The third-order valence-corrected chi connectivity index (χ3v) is 6.27. The lowest BCUT2D eigenvalue weighted by molar-refractivity contribution is -0.116. The van der Waals surface area contributed by atoms with Gasteiger partial charge in [0, 0.05) is 36.3 Å². The monoisotopic (exact) mass is 506 g/mol. The third-order valence-electron chi connectivity index (χ3n) is 6.02. The number of imidazole rings is 1. The van der Waals surface area contributed by atoms with Gasteiger partial charge in [-0.2, -0.15) is 0 Å². The maximum atomic E-state index is 13.2.